The van der Waals surface area contributed by atoms with Gasteiger partial charge in [0.2, 0.25) is 5.91 Å². The third-order valence-electron chi connectivity index (χ3n) is 6.54. The first kappa shape index (κ1) is 21.5. The summed E-state index contributed by atoms with van der Waals surface area (Å²) in [5, 5.41) is 2.97. The molecular weight excluding hydrogens is 393 g/mol. The van der Waals surface area contributed by atoms with Crippen LogP contribution in [0.15, 0.2) is 54.6 Å². The van der Waals surface area contributed by atoms with E-state index in [2.05, 4.69) is 10.2 Å². The lowest BCUT2D eigenvalue weighted by Gasteiger charge is -2.40. The fourth-order valence-electron chi connectivity index (χ4n) is 4.85. The van der Waals surface area contributed by atoms with Gasteiger partial charge in [-0.2, -0.15) is 0 Å². The van der Waals surface area contributed by atoms with E-state index >= 15 is 0 Å². The van der Waals surface area contributed by atoms with Gasteiger partial charge in [-0.05, 0) is 37.0 Å². The van der Waals surface area contributed by atoms with Crippen molar-refractivity contribution in [3.8, 4) is 0 Å². The molecule has 0 bridgehead atoms. The molecule has 1 saturated carbocycles. The van der Waals surface area contributed by atoms with E-state index in [1.807, 2.05) is 35.2 Å². The Bertz CT molecular complexity index is 891. The van der Waals surface area contributed by atoms with Crippen molar-refractivity contribution in [2.45, 2.75) is 38.3 Å². The summed E-state index contributed by atoms with van der Waals surface area (Å²) >= 11 is 0. The van der Waals surface area contributed by atoms with Crippen molar-refractivity contribution in [3.63, 3.8) is 0 Å². The first-order valence-corrected chi connectivity index (χ1v) is 11.2. The maximum absolute atomic E-state index is 14.0. The molecule has 5 nitrogen and oxygen atoms in total. The normalized spacial score (nSPS) is 18.7. The van der Waals surface area contributed by atoms with Gasteiger partial charge in [0.25, 0.3) is 5.91 Å². The Morgan fingerprint density at radius 3 is 2.26 bits per heavy atom. The molecule has 1 N–H and O–H groups in total. The molecule has 2 fully saturated rings. The van der Waals surface area contributed by atoms with E-state index in [0.717, 1.165) is 25.7 Å². The van der Waals surface area contributed by atoms with Crippen molar-refractivity contribution in [1.82, 2.24) is 15.1 Å². The Morgan fingerprint density at radius 2 is 1.58 bits per heavy atom. The number of nitrogens with zero attached hydrogens (tertiary/aromatic N) is 2. The molecule has 1 aliphatic heterocycles. The van der Waals surface area contributed by atoms with E-state index in [-0.39, 0.29) is 30.2 Å². The molecular formula is C25H30FN3O2. The molecule has 6 heteroatoms. The van der Waals surface area contributed by atoms with E-state index < -0.39 is 0 Å². The highest BCUT2D eigenvalue weighted by atomic mass is 19.1. The molecule has 0 spiro atoms. The van der Waals surface area contributed by atoms with E-state index in [0.29, 0.717) is 43.2 Å². The van der Waals surface area contributed by atoms with Crippen LogP contribution in [0.2, 0.25) is 0 Å². The summed E-state index contributed by atoms with van der Waals surface area (Å²) in [6.07, 6.45) is 4.38. The van der Waals surface area contributed by atoms with E-state index in [9.17, 15) is 14.0 Å². The van der Waals surface area contributed by atoms with Crippen LogP contribution in [0.3, 0.4) is 0 Å². The maximum Gasteiger partial charge on any atom is 0.253 e. The number of nitrogens with one attached hydrogen (secondary N) is 1. The van der Waals surface area contributed by atoms with Gasteiger partial charge in [0, 0.05) is 43.9 Å². The summed E-state index contributed by atoms with van der Waals surface area (Å²) in [4.78, 5) is 30.0. The minimum absolute atomic E-state index is 0.0296. The quantitative estimate of drug-likeness (QED) is 0.774. The van der Waals surface area contributed by atoms with Crippen LogP contribution in [0.5, 0.6) is 0 Å². The van der Waals surface area contributed by atoms with Crippen molar-refractivity contribution in [2.75, 3.05) is 26.2 Å². The number of amides is 2. The molecule has 1 saturated heterocycles. The second-order valence-electron chi connectivity index (χ2n) is 8.49. The summed E-state index contributed by atoms with van der Waals surface area (Å²) in [6, 6.07) is 15.7. The molecule has 0 unspecified atom stereocenters. The number of hydrogen-bond donors (Lipinski definition) is 1. The molecule has 2 amide bonds. The van der Waals surface area contributed by atoms with Crippen molar-refractivity contribution in [1.29, 1.82) is 0 Å². The molecule has 1 aliphatic carbocycles. The highest BCUT2D eigenvalue weighted by Crippen LogP contribution is 2.31. The number of carbonyl (C=O) groups is 2. The lowest BCUT2D eigenvalue weighted by Crippen LogP contribution is -2.57. The standard InChI is InChI=1S/C25H30FN3O2/c26-22-13-7-6-12-21(22)18-27-24(30)23(19-8-4-5-9-19)28-14-16-29(17-15-28)25(31)20-10-2-1-3-11-20/h1-3,6-7,10-13,19,23H,4-5,8-9,14-18H2,(H,27,30)/t23-/m1/s1. The van der Waals surface area contributed by atoms with Gasteiger partial charge in [0.15, 0.2) is 0 Å². The lowest BCUT2D eigenvalue weighted by molar-refractivity contribution is -0.129. The van der Waals surface area contributed by atoms with Gasteiger partial charge in [-0.25, -0.2) is 4.39 Å². The van der Waals surface area contributed by atoms with Crippen molar-refractivity contribution >= 4 is 11.8 Å². The molecule has 0 radical (unpaired) electrons. The topological polar surface area (TPSA) is 52.7 Å². The molecule has 164 valence electrons. The molecule has 0 aromatic heterocycles. The molecule has 2 aliphatic rings. The van der Waals surface area contributed by atoms with Crippen LogP contribution in [0.25, 0.3) is 0 Å². The van der Waals surface area contributed by atoms with Crippen molar-refractivity contribution in [3.05, 3.63) is 71.5 Å². The zero-order valence-electron chi connectivity index (χ0n) is 17.8. The first-order chi connectivity index (χ1) is 15.1. The average Bonchev–Trinajstić information content (AvgIpc) is 3.33. The second kappa shape index (κ2) is 10.1. The predicted molar refractivity (Wildman–Crippen MR) is 118 cm³/mol. The van der Waals surface area contributed by atoms with Gasteiger partial charge >= 0.3 is 0 Å². The van der Waals surface area contributed by atoms with Crippen LogP contribution >= 0.6 is 0 Å². The lowest BCUT2D eigenvalue weighted by atomic mass is 9.94. The van der Waals surface area contributed by atoms with Gasteiger partial charge in [-0.15, -0.1) is 0 Å². The Balaban J connectivity index is 1.39. The number of halogens is 1. The second-order valence-corrected chi connectivity index (χ2v) is 8.49. The minimum Gasteiger partial charge on any atom is -0.351 e. The summed E-state index contributed by atoms with van der Waals surface area (Å²) in [6.45, 7) is 2.76. The Morgan fingerprint density at radius 1 is 0.935 bits per heavy atom. The summed E-state index contributed by atoms with van der Waals surface area (Å²) in [5.74, 6) is 0.0323. The summed E-state index contributed by atoms with van der Waals surface area (Å²) < 4.78 is 14.0. The van der Waals surface area contributed by atoms with Crippen LogP contribution in [-0.4, -0.2) is 53.8 Å². The zero-order valence-corrected chi connectivity index (χ0v) is 17.8. The Labute approximate surface area is 183 Å². The SMILES string of the molecule is O=C(NCc1ccccc1F)[C@@H](C1CCCC1)N1CCN(C(=O)c2ccccc2)CC1. The van der Waals surface area contributed by atoms with Crippen molar-refractivity contribution < 1.29 is 14.0 Å². The number of piperazine rings is 1. The third kappa shape index (κ3) is 5.13. The first-order valence-electron chi connectivity index (χ1n) is 11.2. The fraction of sp³-hybridized carbons (Fsp3) is 0.440. The van der Waals surface area contributed by atoms with Gasteiger partial charge in [-0.3, -0.25) is 14.5 Å². The molecule has 1 atom stereocenters. The molecule has 1 heterocycles. The molecule has 2 aromatic carbocycles. The van der Waals surface area contributed by atoms with Crippen LogP contribution in [-0.2, 0) is 11.3 Å². The van der Waals surface area contributed by atoms with Crippen LogP contribution < -0.4 is 5.32 Å². The smallest absolute Gasteiger partial charge is 0.253 e. The highest BCUT2D eigenvalue weighted by molar-refractivity contribution is 5.94. The average molecular weight is 424 g/mol. The van der Waals surface area contributed by atoms with E-state index in [1.165, 1.54) is 6.07 Å². The number of hydrogen-bond acceptors (Lipinski definition) is 3. The van der Waals surface area contributed by atoms with Crippen LogP contribution in [0.1, 0.15) is 41.6 Å². The van der Waals surface area contributed by atoms with Gasteiger partial charge in [0.05, 0.1) is 6.04 Å². The Kier molecular flexibility index (Phi) is 6.97. The number of carbonyl (C=O) groups excluding carboxylic acids is 2. The largest absolute Gasteiger partial charge is 0.351 e. The monoisotopic (exact) mass is 423 g/mol. The molecule has 2 aromatic rings. The predicted octanol–water partition coefficient (Wildman–Crippen LogP) is 3.46. The van der Waals surface area contributed by atoms with E-state index in [1.54, 1.807) is 18.2 Å². The summed E-state index contributed by atoms with van der Waals surface area (Å²) in [7, 11) is 0. The molecule has 4 rings (SSSR count). The Hall–Kier alpha value is -2.73. The maximum atomic E-state index is 14.0. The number of benzene rings is 2. The minimum atomic E-state index is -0.298. The summed E-state index contributed by atoms with van der Waals surface area (Å²) in [5.41, 5.74) is 1.20. The van der Waals surface area contributed by atoms with Crippen LogP contribution in [0, 0.1) is 11.7 Å². The van der Waals surface area contributed by atoms with Gasteiger partial charge in [0.1, 0.15) is 5.82 Å². The number of rotatable bonds is 6. The fourth-order valence-corrected chi connectivity index (χ4v) is 4.85. The zero-order chi connectivity index (χ0) is 21.6. The highest BCUT2D eigenvalue weighted by Gasteiger charge is 2.37. The molecule has 31 heavy (non-hydrogen) atoms. The third-order valence-corrected chi connectivity index (χ3v) is 6.54. The van der Waals surface area contributed by atoms with Gasteiger partial charge < -0.3 is 10.2 Å². The van der Waals surface area contributed by atoms with Crippen molar-refractivity contribution in [2.24, 2.45) is 5.92 Å². The van der Waals surface area contributed by atoms with Gasteiger partial charge in [-0.1, -0.05) is 49.2 Å². The van der Waals surface area contributed by atoms with E-state index in [4.69, 9.17) is 0 Å². The van der Waals surface area contributed by atoms with Crippen LogP contribution in [0.4, 0.5) is 4.39 Å².